The van der Waals surface area contributed by atoms with E-state index >= 15 is 0 Å². The molecule has 3 unspecified atom stereocenters. The molecule has 0 aromatic rings. The van der Waals surface area contributed by atoms with Gasteiger partial charge in [0.2, 0.25) is 5.91 Å². The third-order valence-electron chi connectivity index (χ3n) is 3.57. The van der Waals surface area contributed by atoms with E-state index in [0.717, 1.165) is 19.6 Å². The molecule has 0 aromatic carbocycles. The monoisotopic (exact) mass is 198 g/mol. The number of likely N-dealkylation sites (tertiary alicyclic amines) is 1. The van der Waals surface area contributed by atoms with Crippen molar-refractivity contribution in [3.05, 3.63) is 0 Å². The molecule has 4 atom stereocenters. The molecule has 78 valence electrons. The molecule has 1 N–H and O–H groups in total. The van der Waals surface area contributed by atoms with Crippen LogP contribution in [0.3, 0.4) is 0 Å². The second-order valence-electron chi connectivity index (χ2n) is 4.81. The van der Waals surface area contributed by atoms with Gasteiger partial charge in [-0.2, -0.15) is 0 Å². The number of hydrogen-bond acceptors (Lipinski definition) is 2. The number of halogens is 1. The topological polar surface area (TPSA) is 32.3 Å². The molecule has 2 saturated heterocycles. The molecule has 1 saturated carbocycles. The van der Waals surface area contributed by atoms with E-state index < -0.39 is 6.17 Å². The Kier molecular flexibility index (Phi) is 1.81. The summed E-state index contributed by atoms with van der Waals surface area (Å²) in [5.41, 5.74) is 0. The van der Waals surface area contributed by atoms with Gasteiger partial charge in [-0.15, -0.1) is 0 Å². The standard InChI is InChI=1S/C10H15FN2O/c11-9-2-8(9)10(14)13-4-6-1-7(5-13)12-3-6/h6-9,12H,1-5H2/t6?,7?,8?,9-/m0/s1. The Labute approximate surface area is 82.6 Å². The SMILES string of the molecule is O=C(C1C[C@@H]1F)N1CC2CNC(C2)C1. The number of piperidine rings is 1. The van der Waals surface area contributed by atoms with Gasteiger partial charge in [-0.25, -0.2) is 4.39 Å². The van der Waals surface area contributed by atoms with Crippen molar-refractivity contribution in [2.24, 2.45) is 11.8 Å². The van der Waals surface area contributed by atoms with E-state index in [9.17, 15) is 9.18 Å². The maximum atomic E-state index is 12.7. The lowest BCUT2D eigenvalue weighted by Crippen LogP contribution is -2.45. The zero-order chi connectivity index (χ0) is 9.71. The van der Waals surface area contributed by atoms with E-state index in [1.54, 1.807) is 0 Å². The lowest BCUT2D eigenvalue weighted by Gasteiger charge is -2.31. The average Bonchev–Trinajstić information content (AvgIpc) is 2.82. The van der Waals surface area contributed by atoms with Gasteiger partial charge in [0, 0.05) is 25.7 Å². The number of hydrogen-bond donors (Lipinski definition) is 1. The fourth-order valence-corrected chi connectivity index (χ4v) is 2.67. The number of amides is 1. The number of alkyl halides is 1. The van der Waals surface area contributed by atoms with Crippen molar-refractivity contribution in [2.75, 3.05) is 19.6 Å². The van der Waals surface area contributed by atoms with E-state index in [0.29, 0.717) is 18.4 Å². The molecule has 1 amide bonds. The number of nitrogens with one attached hydrogen (secondary N) is 1. The minimum Gasteiger partial charge on any atom is -0.340 e. The predicted octanol–water partition coefficient (Wildman–Crippen LogP) is 0.165. The molecule has 14 heavy (non-hydrogen) atoms. The Balaban J connectivity index is 1.65. The largest absolute Gasteiger partial charge is 0.340 e. The van der Waals surface area contributed by atoms with Crippen LogP contribution in [0.15, 0.2) is 0 Å². The van der Waals surface area contributed by atoms with Gasteiger partial charge in [-0.1, -0.05) is 0 Å². The number of rotatable bonds is 1. The van der Waals surface area contributed by atoms with Crippen molar-refractivity contribution in [3.63, 3.8) is 0 Å². The molecular weight excluding hydrogens is 183 g/mol. The highest BCUT2D eigenvalue weighted by atomic mass is 19.1. The molecule has 2 heterocycles. The Bertz CT molecular complexity index is 259. The molecule has 0 aromatic heterocycles. The van der Waals surface area contributed by atoms with Gasteiger partial charge in [0.15, 0.2) is 0 Å². The highest BCUT2D eigenvalue weighted by molar-refractivity contribution is 5.82. The van der Waals surface area contributed by atoms with Crippen LogP contribution in [0, 0.1) is 11.8 Å². The molecule has 3 rings (SSSR count). The zero-order valence-electron chi connectivity index (χ0n) is 8.08. The van der Waals surface area contributed by atoms with Gasteiger partial charge in [0.25, 0.3) is 0 Å². The molecule has 3 fully saturated rings. The maximum absolute atomic E-state index is 12.7. The Morgan fingerprint density at radius 3 is 2.79 bits per heavy atom. The van der Waals surface area contributed by atoms with Crippen molar-refractivity contribution >= 4 is 5.91 Å². The van der Waals surface area contributed by atoms with Crippen LogP contribution in [0.25, 0.3) is 0 Å². The van der Waals surface area contributed by atoms with Crippen LogP contribution >= 0.6 is 0 Å². The van der Waals surface area contributed by atoms with E-state index in [4.69, 9.17) is 0 Å². The third-order valence-corrected chi connectivity index (χ3v) is 3.57. The van der Waals surface area contributed by atoms with Crippen LogP contribution in [0.5, 0.6) is 0 Å². The first kappa shape index (κ1) is 8.65. The average molecular weight is 198 g/mol. The second kappa shape index (κ2) is 2.92. The van der Waals surface area contributed by atoms with Gasteiger partial charge < -0.3 is 10.2 Å². The highest BCUT2D eigenvalue weighted by Crippen LogP contribution is 2.36. The lowest BCUT2D eigenvalue weighted by molar-refractivity contribution is -0.134. The normalized spacial score (nSPS) is 45.4. The summed E-state index contributed by atoms with van der Waals surface area (Å²) in [7, 11) is 0. The number of nitrogens with zero attached hydrogens (tertiary/aromatic N) is 1. The van der Waals surface area contributed by atoms with Crippen molar-refractivity contribution < 1.29 is 9.18 Å². The minimum absolute atomic E-state index is 0.0518. The van der Waals surface area contributed by atoms with Crippen LogP contribution in [0.1, 0.15) is 12.8 Å². The van der Waals surface area contributed by atoms with Crippen molar-refractivity contribution in [3.8, 4) is 0 Å². The van der Waals surface area contributed by atoms with Crippen LogP contribution in [-0.4, -0.2) is 42.7 Å². The maximum Gasteiger partial charge on any atom is 0.228 e. The highest BCUT2D eigenvalue weighted by Gasteiger charge is 2.47. The van der Waals surface area contributed by atoms with Crippen LogP contribution in [-0.2, 0) is 4.79 Å². The van der Waals surface area contributed by atoms with Crippen molar-refractivity contribution in [1.29, 1.82) is 0 Å². The molecule has 3 aliphatic rings. The zero-order valence-corrected chi connectivity index (χ0v) is 8.08. The Morgan fingerprint density at radius 1 is 1.36 bits per heavy atom. The summed E-state index contributed by atoms with van der Waals surface area (Å²) >= 11 is 0. The molecule has 4 heteroatoms. The fraction of sp³-hybridized carbons (Fsp3) is 0.900. The fourth-order valence-electron chi connectivity index (χ4n) is 2.67. The molecule has 0 spiro atoms. The van der Waals surface area contributed by atoms with E-state index in [1.165, 1.54) is 6.42 Å². The van der Waals surface area contributed by atoms with E-state index in [1.807, 2.05) is 4.90 Å². The first-order valence-corrected chi connectivity index (χ1v) is 5.40. The minimum atomic E-state index is -0.852. The number of carbonyl (C=O) groups is 1. The summed E-state index contributed by atoms with van der Waals surface area (Å²) in [6.45, 7) is 2.66. The summed E-state index contributed by atoms with van der Waals surface area (Å²) in [4.78, 5) is 13.6. The van der Waals surface area contributed by atoms with Gasteiger partial charge in [-0.05, 0) is 18.8 Å². The van der Waals surface area contributed by atoms with Crippen molar-refractivity contribution in [1.82, 2.24) is 10.2 Å². The van der Waals surface area contributed by atoms with Crippen molar-refractivity contribution in [2.45, 2.75) is 25.1 Å². The smallest absolute Gasteiger partial charge is 0.228 e. The quantitative estimate of drug-likeness (QED) is 0.651. The van der Waals surface area contributed by atoms with E-state index in [-0.39, 0.29) is 11.8 Å². The Morgan fingerprint density at radius 2 is 2.14 bits per heavy atom. The summed E-state index contributed by atoms with van der Waals surface area (Å²) in [6, 6.07) is 0.467. The Hall–Kier alpha value is -0.640. The number of fused-ring (bicyclic) bond motifs is 2. The molecule has 2 bridgehead atoms. The van der Waals surface area contributed by atoms with Crippen LogP contribution in [0.2, 0.25) is 0 Å². The molecule has 0 radical (unpaired) electrons. The first-order valence-electron chi connectivity index (χ1n) is 5.40. The summed E-state index contributed by atoms with van der Waals surface area (Å²) in [5, 5.41) is 3.39. The summed E-state index contributed by atoms with van der Waals surface area (Å²) in [6.07, 6.45) is 0.793. The van der Waals surface area contributed by atoms with Gasteiger partial charge >= 0.3 is 0 Å². The first-order chi connectivity index (χ1) is 6.74. The molecular formula is C10H15FN2O. The molecule has 3 nitrogen and oxygen atoms in total. The van der Waals surface area contributed by atoms with Crippen LogP contribution in [0.4, 0.5) is 4.39 Å². The molecule has 2 aliphatic heterocycles. The van der Waals surface area contributed by atoms with Crippen LogP contribution < -0.4 is 5.32 Å². The summed E-state index contributed by atoms with van der Waals surface area (Å²) < 4.78 is 12.7. The third kappa shape index (κ3) is 1.32. The lowest BCUT2D eigenvalue weighted by atomic mass is 9.99. The second-order valence-corrected chi connectivity index (χ2v) is 4.81. The summed E-state index contributed by atoms with van der Waals surface area (Å²) in [5.74, 6) is 0.359. The van der Waals surface area contributed by atoms with Gasteiger partial charge in [-0.3, -0.25) is 4.79 Å². The van der Waals surface area contributed by atoms with Gasteiger partial charge in [0.05, 0.1) is 5.92 Å². The number of carbonyl (C=O) groups excluding carboxylic acids is 1. The van der Waals surface area contributed by atoms with E-state index in [2.05, 4.69) is 5.32 Å². The van der Waals surface area contributed by atoms with Gasteiger partial charge in [0.1, 0.15) is 6.17 Å². The molecule has 1 aliphatic carbocycles. The predicted molar refractivity (Wildman–Crippen MR) is 49.5 cm³/mol.